The molecule has 0 N–H and O–H groups in total. The van der Waals surface area contributed by atoms with Crippen LogP contribution in [0, 0.1) is 6.92 Å². The van der Waals surface area contributed by atoms with E-state index in [2.05, 4.69) is 9.73 Å². The number of aliphatic imine (C=N–C) groups is 1. The maximum absolute atomic E-state index is 12.6. The van der Waals surface area contributed by atoms with Gasteiger partial charge in [0.1, 0.15) is 5.75 Å². The summed E-state index contributed by atoms with van der Waals surface area (Å²) in [5.74, 6) is -0.934. The summed E-state index contributed by atoms with van der Waals surface area (Å²) < 4.78 is 65.5. The highest BCUT2D eigenvalue weighted by Crippen LogP contribution is 2.41. The Morgan fingerprint density at radius 2 is 1.91 bits per heavy atom. The number of hydrogen-bond acceptors (Lipinski definition) is 5. The normalized spacial score (nSPS) is 23.4. The van der Waals surface area contributed by atoms with Gasteiger partial charge in [-0.15, -0.1) is 13.2 Å². The van der Waals surface area contributed by atoms with E-state index in [-0.39, 0.29) is 29.1 Å². The highest BCUT2D eigenvalue weighted by molar-refractivity contribution is 8.16. The number of rotatable bonds is 4. The predicted octanol–water partition coefficient (Wildman–Crippen LogP) is 3.74. The number of benzene rings is 2. The van der Waals surface area contributed by atoms with Gasteiger partial charge in [0.25, 0.3) is 5.91 Å². The van der Waals surface area contributed by atoms with E-state index in [0.29, 0.717) is 10.9 Å². The van der Waals surface area contributed by atoms with Crippen molar-refractivity contribution in [1.29, 1.82) is 0 Å². The fraction of sp³-hybridized carbons (Fsp3) is 0.333. The highest BCUT2D eigenvalue weighted by Gasteiger charge is 2.49. The molecular weight excluding hydrogens is 465 g/mol. The van der Waals surface area contributed by atoms with Gasteiger partial charge < -0.3 is 9.64 Å². The minimum absolute atomic E-state index is 0.0425. The molecule has 2 aromatic carbocycles. The monoisotopic (exact) mass is 484 g/mol. The van der Waals surface area contributed by atoms with Gasteiger partial charge in [-0.2, -0.15) is 4.99 Å². The van der Waals surface area contributed by atoms with Gasteiger partial charge in [0.2, 0.25) is 0 Å². The first-order valence-corrected chi connectivity index (χ1v) is 12.4. The summed E-state index contributed by atoms with van der Waals surface area (Å²) in [5.41, 5.74) is 2.27. The molecule has 1 amide bonds. The van der Waals surface area contributed by atoms with Crippen molar-refractivity contribution >= 4 is 38.4 Å². The van der Waals surface area contributed by atoms with Crippen LogP contribution in [-0.2, 0) is 21.1 Å². The summed E-state index contributed by atoms with van der Waals surface area (Å²) in [6.45, 7) is 1.92. The van der Waals surface area contributed by atoms with Crippen LogP contribution in [-0.4, -0.2) is 48.7 Å². The summed E-state index contributed by atoms with van der Waals surface area (Å²) in [4.78, 5) is 18.5. The fourth-order valence-electron chi connectivity index (χ4n) is 3.82. The van der Waals surface area contributed by atoms with Crippen molar-refractivity contribution in [1.82, 2.24) is 0 Å². The van der Waals surface area contributed by atoms with Crippen molar-refractivity contribution in [2.45, 2.75) is 31.0 Å². The number of amidine groups is 1. The number of carbonyl (C=O) groups excluding carboxylic acids is 1. The maximum Gasteiger partial charge on any atom is 0.573 e. The van der Waals surface area contributed by atoms with Gasteiger partial charge >= 0.3 is 6.36 Å². The van der Waals surface area contributed by atoms with Crippen molar-refractivity contribution in [3.05, 3.63) is 59.7 Å². The quantitative estimate of drug-likeness (QED) is 0.658. The van der Waals surface area contributed by atoms with Gasteiger partial charge in [0.05, 0.1) is 24.0 Å². The lowest BCUT2D eigenvalue weighted by Crippen LogP contribution is -2.37. The summed E-state index contributed by atoms with van der Waals surface area (Å²) in [7, 11) is -3.26. The van der Waals surface area contributed by atoms with Crippen molar-refractivity contribution in [2.75, 3.05) is 16.4 Å². The fourth-order valence-corrected chi connectivity index (χ4v) is 7.75. The van der Waals surface area contributed by atoms with Crippen molar-refractivity contribution in [3.63, 3.8) is 0 Å². The van der Waals surface area contributed by atoms with Crippen LogP contribution in [0.15, 0.2) is 53.5 Å². The number of ether oxygens (including phenoxy) is 1. The summed E-state index contributed by atoms with van der Waals surface area (Å²) in [5, 5.41) is 0.0358. The summed E-state index contributed by atoms with van der Waals surface area (Å²) in [6.07, 6.45) is -4.73. The van der Waals surface area contributed by atoms with Crippen LogP contribution in [0.3, 0.4) is 0 Å². The molecule has 2 unspecified atom stereocenters. The zero-order valence-corrected chi connectivity index (χ0v) is 18.5. The molecule has 0 radical (unpaired) electrons. The number of carbonyl (C=O) groups is 1. The van der Waals surface area contributed by atoms with Gasteiger partial charge in [-0.3, -0.25) is 4.79 Å². The van der Waals surface area contributed by atoms with Gasteiger partial charge in [-0.05, 0) is 36.8 Å². The number of aryl methyl sites for hydroxylation is 1. The molecule has 2 aliphatic heterocycles. The van der Waals surface area contributed by atoms with Crippen LogP contribution in [0.25, 0.3) is 0 Å². The third-order valence-electron chi connectivity index (χ3n) is 5.07. The van der Waals surface area contributed by atoms with Crippen LogP contribution in [0.5, 0.6) is 5.75 Å². The number of amides is 1. The lowest BCUT2D eigenvalue weighted by molar-refractivity contribution is -0.274. The minimum Gasteiger partial charge on any atom is -0.406 e. The Hall–Kier alpha value is -2.53. The molecule has 2 aromatic rings. The smallest absolute Gasteiger partial charge is 0.406 e. The minimum atomic E-state index is -4.82. The SMILES string of the molecule is Cc1cccc(CC(=O)N=C2SC3CS(=O)(=O)CC3N2c2ccc(OC(F)(F)F)cc2)c1. The zero-order valence-electron chi connectivity index (χ0n) is 16.9. The van der Waals surface area contributed by atoms with Crippen LogP contribution >= 0.6 is 11.8 Å². The van der Waals surface area contributed by atoms with E-state index < -0.39 is 28.0 Å². The van der Waals surface area contributed by atoms with E-state index in [9.17, 15) is 26.4 Å². The standard InChI is InChI=1S/C21H19F3N2O4S2/c1-13-3-2-4-14(9-13)10-19(27)25-20-26(17-11-32(28,29)12-18(17)31-20)15-5-7-16(8-6-15)30-21(22,23)24/h2-9,17-18H,10-12H2,1H3. The third kappa shape index (κ3) is 5.26. The second-order valence-electron chi connectivity index (χ2n) is 7.67. The highest BCUT2D eigenvalue weighted by atomic mass is 32.2. The molecule has 11 heteroatoms. The van der Waals surface area contributed by atoms with E-state index in [1.54, 1.807) is 4.90 Å². The predicted molar refractivity (Wildman–Crippen MR) is 117 cm³/mol. The third-order valence-corrected chi connectivity index (χ3v) is 8.28. The largest absolute Gasteiger partial charge is 0.573 e. The molecule has 6 nitrogen and oxygen atoms in total. The number of halogens is 3. The van der Waals surface area contributed by atoms with Gasteiger partial charge in [-0.25, -0.2) is 8.42 Å². The van der Waals surface area contributed by atoms with Crippen molar-refractivity contribution in [2.24, 2.45) is 4.99 Å². The molecule has 2 aliphatic rings. The average Bonchev–Trinajstić information content (AvgIpc) is 3.12. The molecular formula is C21H19F3N2O4S2. The van der Waals surface area contributed by atoms with E-state index in [1.165, 1.54) is 23.9 Å². The Morgan fingerprint density at radius 1 is 1.19 bits per heavy atom. The van der Waals surface area contributed by atoms with E-state index in [0.717, 1.165) is 23.3 Å². The topological polar surface area (TPSA) is 76.0 Å². The number of hydrogen-bond donors (Lipinski definition) is 0. The zero-order chi connectivity index (χ0) is 23.1. The van der Waals surface area contributed by atoms with Crippen LogP contribution in [0.1, 0.15) is 11.1 Å². The first-order chi connectivity index (χ1) is 15.0. The molecule has 4 rings (SSSR count). The number of sulfone groups is 1. The maximum atomic E-state index is 12.6. The molecule has 0 aliphatic carbocycles. The first kappa shape index (κ1) is 22.7. The van der Waals surface area contributed by atoms with E-state index >= 15 is 0 Å². The first-order valence-electron chi connectivity index (χ1n) is 9.68. The number of thioether (sulfide) groups is 1. The number of fused-ring (bicyclic) bond motifs is 1. The van der Waals surface area contributed by atoms with Crippen LogP contribution in [0.2, 0.25) is 0 Å². The summed E-state index contributed by atoms with van der Waals surface area (Å²) in [6, 6.07) is 12.1. The number of alkyl halides is 3. The lowest BCUT2D eigenvalue weighted by atomic mass is 10.1. The van der Waals surface area contributed by atoms with Crippen molar-refractivity contribution in [3.8, 4) is 5.75 Å². The second kappa shape index (κ2) is 8.43. The molecule has 0 bridgehead atoms. The summed E-state index contributed by atoms with van der Waals surface area (Å²) >= 11 is 1.21. The molecule has 2 atom stereocenters. The van der Waals surface area contributed by atoms with Gasteiger partial charge in [-0.1, -0.05) is 41.6 Å². The molecule has 2 heterocycles. The Labute approximate surface area is 187 Å². The van der Waals surface area contributed by atoms with Gasteiger partial charge in [0.15, 0.2) is 15.0 Å². The lowest BCUT2D eigenvalue weighted by Gasteiger charge is -2.24. The Kier molecular flexibility index (Phi) is 5.97. The van der Waals surface area contributed by atoms with Gasteiger partial charge in [0, 0.05) is 10.9 Å². The van der Waals surface area contributed by atoms with Crippen molar-refractivity contribution < 1.29 is 31.1 Å². The van der Waals surface area contributed by atoms with Crippen LogP contribution < -0.4 is 9.64 Å². The Balaban J connectivity index is 1.61. The molecule has 0 saturated carbocycles. The molecule has 32 heavy (non-hydrogen) atoms. The molecule has 0 aromatic heterocycles. The average molecular weight is 485 g/mol. The Bertz CT molecular complexity index is 1160. The van der Waals surface area contributed by atoms with E-state index in [4.69, 9.17) is 0 Å². The number of nitrogens with zero attached hydrogens (tertiary/aromatic N) is 2. The molecule has 2 saturated heterocycles. The van der Waals surface area contributed by atoms with Crippen LogP contribution in [0.4, 0.5) is 18.9 Å². The Morgan fingerprint density at radius 3 is 2.56 bits per heavy atom. The second-order valence-corrected chi connectivity index (χ2v) is 11.0. The number of anilines is 1. The molecule has 2 fully saturated rings. The molecule has 170 valence electrons. The molecule has 0 spiro atoms. The van der Waals surface area contributed by atoms with E-state index in [1.807, 2.05) is 31.2 Å².